The first-order valence-electron chi connectivity index (χ1n) is 10.1. The zero-order valence-electron chi connectivity index (χ0n) is 15.9. The van der Waals surface area contributed by atoms with Gasteiger partial charge in [-0.15, -0.1) is 24.0 Å². The maximum Gasteiger partial charge on any atom is 0.193 e. The molecule has 4 nitrogen and oxygen atoms in total. The van der Waals surface area contributed by atoms with Crippen LogP contribution in [0.5, 0.6) is 0 Å². The van der Waals surface area contributed by atoms with Gasteiger partial charge in [-0.2, -0.15) is 0 Å². The van der Waals surface area contributed by atoms with E-state index in [-0.39, 0.29) is 35.2 Å². The van der Waals surface area contributed by atoms with Gasteiger partial charge in [0.1, 0.15) is 5.82 Å². The average Bonchev–Trinajstić information content (AvgIpc) is 3.31. The lowest BCUT2D eigenvalue weighted by Gasteiger charge is -2.43. The summed E-state index contributed by atoms with van der Waals surface area (Å²) in [5, 5.41) is 3.65. The van der Waals surface area contributed by atoms with Gasteiger partial charge in [0.15, 0.2) is 5.96 Å². The van der Waals surface area contributed by atoms with Crippen LogP contribution in [0.2, 0.25) is 0 Å². The van der Waals surface area contributed by atoms with Gasteiger partial charge in [-0.25, -0.2) is 4.39 Å². The van der Waals surface area contributed by atoms with Crippen LogP contribution in [-0.4, -0.2) is 49.7 Å². The van der Waals surface area contributed by atoms with Crippen LogP contribution in [0.1, 0.15) is 37.7 Å². The molecule has 1 aromatic rings. The summed E-state index contributed by atoms with van der Waals surface area (Å²) < 4.78 is 19.4. The SMILES string of the molecule is CN=C(NCC1(c2ccc(F)cc2)CCC1)N1CC2C3CCC(O3)C2C1.I. The van der Waals surface area contributed by atoms with Crippen molar-refractivity contribution in [3.8, 4) is 0 Å². The van der Waals surface area contributed by atoms with Crippen LogP contribution >= 0.6 is 24.0 Å². The monoisotopic (exact) mass is 485 g/mol. The van der Waals surface area contributed by atoms with Crippen molar-refractivity contribution in [2.45, 2.75) is 49.7 Å². The lowest BCUT2D eigenvalue weighted by molar-refractivity contribution is 0.0766. The van der Waals surface area contributed by atoms with E-state index in [4.69, 9.17) is 4.74 Å². The fourth-order valence-corrected chi connectivity index (χ4v) is 5.69. The molecule has 3 saturated heterocycles. The first-order chi connectivity index (χ1) is 12.7. The molecule has 0 aromatic heterocycles. The van der Waals surface area contributed by atoms with Crippen molar-refractivity contribution in [3.63, 3.8) is 0 Å². The van der Waals surface area contributed by atoms with Gasteiger partial charge in [0.25, 0.3) is 0 Å². The second-order valence-electron chi connectivity index (χ2n) is 8.56. The highest BCUT2D eigenvalue weighted by atomic mass is 127. The van der Waals surface area contributed by atoms with Gasteiger partial charge in [-0.1, -0.05) is 18.6 Å². The molecule has 3 aliphatic heterocycles. The molecule has 1 aliphatic carbocycles. The van der Waals surface area contributed by atoms with Gasteiger partial charge < -0.3 is 15.0 Å². The maximum absolute atomic E-state index is 13.3. The fraction of sp³-hybridized carbons (Fsp3) is 0.667. The summed E-state index contributed by atoms with van der Waals surface area (Å²) in [5.41, 5.74) is 1.37. The van der Waals surface area contributed by atoms with E-state index in [0.29, 0.717) is 24.0 Å². The Morgan fingerprint density at radius 3 is 2.33 bits per heavy atom. The Labute approximate surface area is 178 Å². The van der Waals surface area contributed by atoms with E-state index in [1.807, 2.05) is 19.2 Å². The van der Waals surface area contributed by atoms with E-state index in [2.05, 4.69) is 15.2 Å². The molecule has 2 bridgehead atoms. The third-order valence-electron chi connectivity index (χ3n) is 7.32. The van der Waals surface area contributed by atoms with Crippen molar-refractivity contribution in [3.05, 3.63) is 35.6 Å². The molecule has 4 aliphatic rings. The van der Waals surface area contributed by atoms with Crippen LogP contribution in [-0.2, 0) is 10.2 Å². The molecule has 27 heavy (non-hydrogen) atoms. The number of guanidine groups is 1. The topological polar surface area (TPSA) is 36.9 Å². The first-order valence-corrected chi connectivity index (χ1v) is 10.1. The lowest BCUT2D eigenvalue weighted by atomic mass is 9.64. The number of nitrogens with zero attached hydrogens (tertiary/aromatic N) is 2. The molecule has 0 radical (unpaired) electrons. The van der Waals surface area contributed by atoms with E-state index in [9.17, 15) is 4.39 Å². The molecule has 4 atom stereocenters. The summed E-state index contributed by atoms with van der Waals surface area (Å²) in [6.45, 7) is 3.00. The quantitative estimate of drug-likeness (QED) is 0.405. The number of hydrogen-bond acceptors (Lipinski definition) is 2. The molecule has 1 N–H and O–H groups in total. The predicted octanol–water partition coefficient (Wildman–Crippen LogP) is 3.55. The molecule has 6 heteroatoms. The number of likely N-dealkylation sites (tertiary alicyclic amines) is 1. The van der Waals surface area contributed by atoms with Crippen LogP contribution < -0.4 is 5.32 Å². The van der Waals surface area contributed by atoms with Crippen molar-refractivity contribution in [1.29, 1.82) is 0 Å². The second-order valence-corrected chi connectivity index (χ2v) is 8.56. The van der Waals surface area contributed by atoms with Crippen molar-refractivity contribution >= 4 is 29.9 Å². The summed E-state index contributed by atoms with van der Waals surface area (Å²) in [4.78, 5) is 7.00. The minimum atomic E-state index is -0.160. The number of benzene rings is 1. The lowest BCUT2D eigenvalue weighted by Crippen LogP contribution is -2.50. The van der Waals surface area contributed by atoms with Gasteiger partial charge >= 0.3 is 0 Å². The minimum absolute atomic E-state index is 0. The van der Waals surface area contributed by atoms with Crippen LogP contribution in [0, 0.1) is 17.7 Å². The van der Waals surface area contributed by atoms with Crippen LogP contribution in [0.25, 0.3) is 0 Å². The minimum Gasteiger partial charge on any atom is -0.374 e. The Kier molecular flexibility index (Phi) is 5.40. The Balaban J connectivity index is 0.00000180. The highest BCUT2D eigenvalue weighted by Crippen LogP contribution is 2.47. The van der Waals surface area contributed by atoms with E-state index in [1.165, 1.54) is 24.8 Å². The number of hydrogen-bond donors (Lipinski definition) is 1. The smallest absolute Gasteiger partial charge is 0.193 e. The third-order valence-corrected chi connectivity index (χ3v) is 7.32. The van der Waals surface area contributed by atoms with Gasteiger partial charge in [-0.3, -0.25) is 4.99 Å². The maximum atomic E-state index is 13.3. The van der Waals surface area contributed by atoms with Crippen molar-refractivity contribution in [2.75, 3.05) is 26.7 Å². The summed E-state index contributed by atoms with van der Waals surface area (Å²) in [5.74, 6) is 2.23. The molecule has 4 unspecified atom stereocenters. The van der Waals surface area contributed by atoms with Crippen LogP contribution in [0.4, 0.5) is 4.39 Å². The van der Waals surface area contributed by atoms with Gasteiger partial charge in [0.05, 0.1) is 12.2 Å². The van der Waals surface area contributed by atoms with E-state index in [1.54, 1.807) is 12.1 Å². The van der Waals surface area contributed by atoms with Crippen molar-refractivity contribution in [1.82, 2.24) is 10.2 Å². The summed E-state index contributed by atoms with van der Waals surface area (Å²) in [6, 6.07) is 7.08. The number of aliphatic imine (C=N–C) groups is 1. The number of nitrogens with one attached hydrogen (secondary N) is 1. The molecule has 5 rings (SSSR count). The van der Waals surface area contributed by atoms with Crippen molar-refractivity contribution in [2.24, 2.45) is 16.8 Å². The molecular weight excluding hydrogens is 456 g/mol. The molecule has 0 spiro atoms. The second kappa shape index (κ2) is 7.50. The Morgan fingerprint density at radius 1 is 1.19 bits per heavy atom. The van der Waals surface area contributed by atoms with Gasteiger partial charge in [-0.05, 0) is 43.4 Å². The van der Waals surface area contributed by atoms with Crippen LogP contribution in [0.3, 0.4) is 0 Å². The first kappa shape index (κ1) is 19.4. The van der Waals surface area contributed by atoms with E-state index >= 15 is 0 Å². The van der Waals surface area contributed by atoms with E-state index in [0.717, 1.165) is 38.4 Å². The predicted molar refractivity (Wildman–Crippen MR) is 115 cm³/mol. The fourth-order valence-electron chi connectivity index (χ4n) is 5.69. The molecule has 3 heterocycles. The Hall–Kier alpha value is -0.890. The zero-order chi connectivity index (χ0) is 17.7. The number of ether oxygens (including phenoxy) is 1. The molecule has 148 valence electrons. The number of fused-ring (bicyclic) bond motifs is 5. The largest absolute Gasteiger partial charge is 0.374 e. The zero-order valence-corrected chi connectivity index (χ0v) is 18.2. The van der Waals surface area contributed by atoms with Crippen molar-refractivity contribution < 1.29 is 9.13 Å². The summed E-state index contributed by atoms with van der Waals surface area (Å²) >= 11 is 0. The number of halogens is 2. The average molecular weight is 485 g/mol. The Bertz CT molecular complexity index is 688. The summed E-state index contributed by atoms with van der Waals surface area (Å²) in [7, 11) is 1.88. The summed E-state index contributed by atoms with van der Waals surface area (Å²) in [6.07, 6.45) is 6.98. The molecule has 1 aromatic carbocycles. The van der Waals surface area contributed by atoms with E-state index < -0.39 is 0 Å². The van der Waals surface area contributed by atoms with Crippen LogP contribution in [0.15, 0.2) is 29.3 Å². The third kappa shape index (κ3) is 3.26. The normalized spacial score (nSPS) is 33.4. The van der Waals surface area contributed by atoms with Gasteiger partial charge in [0, 0.05) is 43.9 Å². The standard InChI is InChI=1S/C21H28FN3O.HI/c1-23-20(25-11-16-17(12-25)19-8-7-18(16)26-19)24-13-21(9-2-10-21)14-3-5-15(22)6-4-14;/h3-6,16-19H,2,7-13H2,1H3,(H,23,24);1H. The Morgan fingerprint density at radius 2 is 1.81 bits per heavy atom. The highest BCUT2D eigenvalue weighted by molar-refractivity contribution is 14.0. The molecule has 1 saturated carbocycles. The number of rotatable bonds is 3. The molecule has 4 fully saturated rings. The molecular formula is C21H29FIN3O. The highest BCUT2D eigenvalue weighted by Gasteiger charge is 2.53. The van der Waals surface area contributed by atoms with Gasteiger partial charge in [0.2, 0.25) is 0 Å². The molecule has 0 amide bonds.